The summed E-state index contributed by atoms with van der Waals surface area (Å²) in [5.41, 5.74) is 1.21. The molecule has 0 unspecified atom stereocenters. The van der Waals surface area contributed by atoms with E-state index in [0.29, 0.717) is 18.6 Å². The Morgan fingerprint density at radius 3 is 2.32 bits per heavy atom. The fourth-order valence-corrected chi connectivity index (χ4v) is 5.69. The van der Waals surface area contributed by atoms with Gasteiger partial charge in [-0.1, -0.05) is 50.1 Å². The molecular formula is C28H39N3O6S. The van der Waals surface area contributed by atoms with E-state index in [-0.39, 0.29) is 29.9 Å². The number of hydrogen-bond acceptors (Lipinski definition) is 6. The summed E-state index contributed by atoms with van der Waals surface area (Å²) < 4.78 is 37.5. The zero-order valence-electron chi connectivity index (χ0n) is 22.7. The molecule has 1 saturated carbocycles. The van der Waals surface area contributed by atoms with Gasteiger partial charge in [0, 0.05) is 18.7 Å². The Morgan fingerprint density at radius 2 is 1.74 bits per heavy atom. The average Bonchev–Trinajstić information content (AvgIpc) is 3.42. The monoisotopic (exact) mass is 545 g/mol. The fraction of sp³-hybridized carbons (Fsp3) is 0.500. The first kappa shape index (κ1) is 29.3. The van der Waals surface area contributed by atoms with Gasteiger partial charge >= 0.3 is 0 Å². The Balaban J connectivity index is 1.93. The predicted octanol–water partition coefficient (Wildman–Crippen LogP) is 3.38. The topological polar surface area (TPSA) is 105 Å². The van der Waals surface area contributed by atoms with Crippen molar-refractivity contribution >= 4 is 27.5 Å². The standard InChI is InChI=1S/C28H39N3O6S/c1-5-24(28(33)29-22-13-9-10-14-22)30(18-17-21-11-7-6-8-12-21)27(32)20-31(38(4,34)35)25-19-23(36-2)15-16-26(25)37-3/h6-8,11-12,15-16,19,22,24H,5,9-10,13-14,17-18,20H2,1-4H3,(H,29,33)/t24-/m1/s1. The molecule has 0 aliphatic heterocycles. The van der Waals surface area contributed by atoms with Crippen molar-refractivity contribution < 1.29 is 27.5 Å². The van der Waals surface area contributed by atoms with Crippen molar-refractivity contribution in [3.05, 3.63) is 54.1 Å². The lowest BCUT2D eigenvalue weighted by molar-refractivity contribution is -0.139. The molecule has 2 aromatic rings. The van der Waals surface area contributed by atoms with E-state index >= 15 is 0 Å². The van der Waals surface area contributed by atoms with Gasteiger partial charge in [0.05, 0.1) is 26.2 Å². The molecule has 9 nitrogen and oxygen atoms in total. The minimum absolute atomic E-state index is 0.108. The van der Waals surface area contributed by atoms with Gasteiger partial charge in [0.2, 0.25) is 21.8 Å². The SMILES string of the molecule is CC[C@H](C(=O)NC1CCCC1)N(CCc1ccccc1)C(=O)CN(c1cc(OC)ccc1OC)S(C)(=O)=O. The molecule has 0 radical (unpaired) electrons. The first-order valence-electron chi connectivity index (χ1n) is 13.0. The number of benzene rings is 2. The van der Waals surface area contributed by atoms with Crippen LogP contribution in [0.2, 0.25) is 0 Å². The van der Waals surface area contributed by atoms with Crippen molar-refractivity contribution in [2.75, 3.05) is 37.9 Å². The summed E-state index contributed by atoms with van der Waals surface area (Å²) in [4.78, 5) is 28.7. The first-order valence-corrected chi connectivity index (χ1v) is 14.9. The molecule has 3 rings (SSSR count). The second-order valence-electron chi connectivity index (χ2n) is 9.54. The maximum Gasteiger partial charge on any atom is 0.244 e. The summed E-state index contributed by atoms with van der Waals surface area (Å²) in [7, 11) is -0.988. The molecule has 1 aliphatic carbocycles. The third-order valence-electron chi connectivity index (χ3n) is 6.91. The third-order valence-corrected chi connectivity index (χ3v) is 8.03. The van der Waals surface area contributed by atoms with Gasteiger partial charge < -0.3 is 19.7 Å². The third kappa shape index (κ3) is 7.63. The van der Waals surface area contributed by atoms with Crippen LogP contribution in [0.4, 0.5) is 5.69 Å². The van der Waals surface area contributed by atoms with Crippen LogP contribution in [-0.2, 0) is 26.0 Å². The van der Waals surface area contributed by atoms with Crippen molar-refractivity contribution in [3.8, 4) is 11.5 Å². The van der Waals surface area contributed by atoms with E-state index < -0.39 is 28.5 Å². The summed E-state index contributed by atoms with van der Waals surface area (Å²) in [6.07, 6.45) is 5.97. The minimum Gasteiger partial charge on any atom is -0.497 e. The van der Waals surface area contributed by atoms with Crippen LogP contribution < -0.4 is 19.1 Å². The number of nitrogens with one attached hydrogen (secondary N) is 1. The van der Waals surface area contributed by atoms with Crippen LogP contribution in [0.1, 0.15) is 44.6 Å². The van der Waals surface area contributed by atoms with E-state index in [1.54, 1.807) is 12.1 Å². The lowest BCUT2D eigenvalue weighted by Gasteiger charge is -2.33. The van der Waals surface area contributed by atoms with Gasteiger partial charge in [-0.3, -0.25) is 13.9 Å². The van der Waals surface area contributed by atoms with E-state index in [9.17, 15) is 18.0 Å². The van der Waals surface area contributed by atoms with Crippen LogP contribution >= 0.6 is 0 Å². The van der Waals surface area contributed by atoms with Gasteiger partial charge in [-0.25, -0.2) is 8.42 Å². The van der Waals surface area contributed by atoms with Crippen molar-refractivity contribution in [1.29, 1.82) is 0 Å². The molecule has 0 bridgehead atoms. The maximum atomic E-state index is 13.9. The molecule has 0 saturated heterocycles. The van der Waals surface area contributed by atoms with Crippen molar-refractivity contribution in [1.82, 2.24) is 10.2 Å². The largest absolute Gasteiger partial charge is 0.497 e. The van der Waals surface area contributed by atoms with Crippen LogP contribution in [0.25, 0.3) is 0 Å². The molecule has 1 atom stereocenters. The van der Waals surface area contributed by atoms with Crippen LogP contribution in [-0.4, -0.2) is 70.8 Å². The van der Waals surface area contributed by atoms with E-state index in [1.807, 2.05) is 37.3 Å². The molecule has 2 aromatic carbocycles. The molecule has 1 aliphatic rings. The Labute approximate surface area is 226 Å². The highest BCUT2D eigenvalue weighted by atomic mass is 32.2. The molecule has 0 heterocycles. The van der Waals surface area contributed by atoms with Gasteiger partial charge in [0.25, 0.3) is 0 Å². The van der Waals surface area contributed by atoms with Gasteiger partial charge in [0.15, 0.2) is 0 Å². The number of amides is 2. The number of carbonyl (C=O) groups excluding carboxylic acids is 2. The summed E-state index contributed by atoms with van der Waals surface area (Å²) in [6, 6.07) is 13.8. The Hall–Kier alpha value is -3.27. The summed E-state index contributed by atoms with van der Waals surface area (Å²) in [6.45, 7) is 1.65. The summed E-state index contributed by atoms with van der Waals surface area (Å²) in [5.74, 6) is 0.0337. The molecule has 38 heavy (non-hydrogen) atoms. The second-order valence-corrected chi connectivity index (χ2v) is 11.5. The van der Waals surface area contributed by atoms with Gasteiger partial charge in [-0.05, 0) is 43.4 Å². The molecule has 208 valence electrons. The molecule has 0 aromatic heterocycles. The normalized spacial score (nSPS) is 14.5. The highest BCUT2D eigenvalue weighted by molar-refractivity contribution is 7.92. The molecule has 1 N–H and O–H groups in total. The Morgan fingerprint density at radius 1 is 1.05 bits per heavy atom. The number of rotatable bonds is 13. The molecule has 1 fully saturated rings. The zero-order chi connectivity index (χ0) is 27.7. The molecule has 0 spiro atoms. The van der Waals surface area contributed by atoms with Gasteiger partial charge in [-0.2, -0.15) is 0 Å². The van der Waals surface area contributed by atoms with Gasteiger partial charge in [-0.15, -0.1) is 0 Å². The van der Waals surface area contributed by atoms with Crippen LogP contribution in [0.5, 0.6) is 11.5 Å². The van der Waals surface area contributed by atoms with E-state index in [2.05, 4.69) is 5.32 Å². The number of ether oxygens (including phenoxy) is 2. The Kier molecular flexibility index (Phi) is 10.4. The van der Waals surface area contributed by atoms with Crippen LogP contribution in [0.3, 0.4) is 0 Å². The number of methoxy groups -OCH3 is 2. The molecule has 2 amide bonds. The predicted molar refractivity (Wildman–Crippen MR) is 148 cm³/mol. The highest BCUT2D eigenvalue weighted by Crippen LogP contribution is 2.34. The maximum absolute atomic E-state index is 13.9. The van der Waals surface area contributed by atoms with E-state index in [0.717, 1.165) is 41.8 Å². The number of carbonyl (C=O) groups is 2. The number of nitrogens with zero attached hydrogens (tertiary/aromatic N) is 2. The minimum atomic E-state index is -3.89. The molecular weight excluding hydrogens is 506 g/mol. The summed E-state index contributed by atoms with van der Waals surface area (Å²) in [5, 5.41) is 3.11. The van der Waals surface area contributed by atoms with E-state index in [1.165, 1.54) is 25.2 Å². The highest BCUT2D eigenvalue weighted by Gasteiger charge is 2.33. The first-order chi connectivity index (χ1) is 18.2. The smallest absolute Gasteiger partial charge is 0.244 e. The second kappa shape index (κ2) is 13.5. The quantitative estimate of drug-likeness (QED) is 0.414. The average molecular weight is 546 g/mol. The van der Waals surface area contributed by atoms with Crippen LogP contribution in [0, 0.1) is 0 Å². The number of anilines is 1. The van der Waals surface area contributed by atoms with Gasteiger partial charge in [0.1, 0.15) is 24.1 Å². The van der Waals surface area contributed by atoms with E-state index in [4.69, 9.17) is 9.47 Å². The number of sulfonamides is 1. The van der Waals surface area contributed by atoms with Crippen molar-refractivity contribution in [3.63, 3.8) is 0 Å². The molecule has 10 heteroatoms. The lowest BCUT2D eigenvalue weighted by atomic mass is 10.1. The van der Waals surface area contributed by atoms with Crippen molar-refractivity contribution in [2.24, 2.45) is 0 Å². The van der Waals surface area contributed by atoms with Crippen molar-refractivity contribution in [2.45, 2.75) is 57.5 Å². The lowest BCUT2D eigenvalue weighted by Crippen LogP contribution is -2.54. The fourth-order valence-electron chi connectivity index (χ4n) is 4.85. The Bertz CT molecular complexity index is 1180. The summed E-state index contributed by atoms with van der Waals surface area (Å²) >= 11 is 0. The zero-order valence-corrected chi connectivity index (χ0v) is 23.5. The number of hydrogen-bond donors (Lipinski definition) is 1. The van der Waals surface area contributed by atoms with Crippen LogP contribution in [0.15, 0.2) is 48.5 Å².